The van der Waals surface area contributed by atoms with Crippen LogP contribution in [0, 0.1) is 3.57 Å². The van der Waals surface area contributed by atoms with Crippen LogP contribution in [0.15, 0.2) is 53.6 Å². The van der Waals surface area contributed by atoms with Crippen molar-refractivity contribution in [1.82, 2.24) is 4.98 Å². The molecule has 0 radical (unpaired) electrons. The fourth-order valence-electron chi connectivity index (χ4n) is 1.66. The number of anilines is 1. The van der Waals surface area contributed by atoms with Gasteiger partial charge in [0.1, 0.15) is 0 Å². The number of nitrogens with one attached hydrogen (secondary N) is 1. The molecule has 0 atom stereocenters. The van der Waals surface area contributed by atoms with E-state index >= 15 is 0 Å². The monoisotopic (exact) mass is 379 g/mol. The number of benzene rings is 2. The van der Waals surface area contributed by atoms with Crippen LogP contribution in [0.5, 0.6) is 0 Å². The van der Waals surface area contributed by atoms with Crippen molar-refractivity contribution in [2.75, 3.05) is 5.43 Å². The van der Waals surface area contributed by atoms with Crippen LogP contribution in [0.2, 0.25) is 0 Å². The van der Waals surface area contributed by atoms with Crippen LogP contribution in [-0.2, 0) is 0 Å². The largest absolute Gasteiger partial charge is 0.253 e. The van der Waals surface area contributed by atoms with Crippen molar-refractivity contribution in [3.05, 3.63) is 57.7 Å². The molecular formula is C14H10IN3S. The first-order valence-corrected chi connectivity index (χ1v) is 7.61. The Morgan fingerprint density at radius 1 is 1.11 bits per heavy atom. The first-order chi connectivity index (χ1) is 9.33. The van der Waals surface area contributed by atoms with E-state index in [0.29, 0.717) is 0 Å². The van der Waals surface area contributed by atoms with E-state index in [-0.39, 0.29) is 0 Å². The Labute approximate surface area is 128 Å². The second kappa shape index (κ2) is 5.66. The minimum Gasteiger partial charge on any atom is -0.253 e. The van der Waals surface area contributed by atoms with Crippen molar-refractivity contribution >= 4 is 55.5 Å². The highest BCUT2D eigenvalue weighted by atomic mass is 127. The highest BCUT2D eigenvalue weighted by Crippen LogP contribution is 2.25. The summed E-state index contributed by atoms with van der Waals surface area (Å²) in [6, 6.07) is 16.2. The van der Waals surface area contributed by atoms with Gasteiger partial charge >= 0.3 is 0 Å². The Hall–Kier alpha value is -1.47. The smallest absolute Gasteiger partial charge is 0.204 e. The average Bonchev–Trinajstić information content (AvgIpc) is 2.83. The van der Waals surface area contributed by atoms with E-state index in [1.807, 2.05) is 42.6 Å². The standard InChI is InChI=1S/C14H10IN3S/c15-11-6-2-1-5-10(11)9-16-18-14-17-12-7-3-4-8-13(12)19-14/h1-9H,(H,17,18)/b16-9+. The van der Waals surface area contributed by atoms with Gasteiger partial charge in [0.2, 0.25) is 5.13 Å². The minimum absolute atomic E-state index is 0.809. The van der Waals surface area contributed by atoms with E-state index in [4.69, 9.17) is 0 Å². The van der Waals surface area contributed by atoms with Crippen LogP contribution < -0.4 is 5.43 Å². The lowest BCUT2D eigenvalue weighted by Crippen LogP contribution is -1.91. The predicted molar refractivity (Wildman–Crippen MR) is 90.0 cm³/mol. The van der Waals surface area contributed by atoms with Crippen molar-refractivity contribution in [2.24, 2.45) is 5.10 Å². The number of hydrogen-bond donors (Lipinski definition) is 1. The summed E-state index contributed by atoms with van der Waals surface area (Å²) < 4.78 is 2.34. The first kappa shape index (κ1) is 12.6. The molecule has 1 heterocycles. The summed E-state index contributed by atoms with van der Waals surface area (Å²) in [7, 11) is 0. The maximum atomic E-state index is 4.46. The molecule has 2 aromatic carbocycles. The molecule has 0 bridgehead atoms. The minimum atomic E-state index is 0.809. The van der Waals surface area contributed by atoms with Gasteiger partial charge in [0.15, 0.2) is 0 Å². The number of halogens is 1. The Kier molecular flexibility index (Phi) is 3.74. The zero-order chi connectivity index (χ0) is 13.1. The molecule has 3 rings (SSSR count). The van der Waals surface area contributed by atoms with E-state index in [2.05, 4.69) is 50.2 Å². The lowest BCUT2D eigenvalue weighted by Gasteiger charge is -1.96. The number of nitrogens with zero attached hydrogens (tertiary/aromatic N) is 2. The molecule has 0 aliphatic heterocycles. The van der Waals surface area contributed by atoms with E-state index in [1.165, 1.54) is 3.57 Å². The first-order valence-electron chi connectivity index (χ1n) is 5.72. The van der Waals surface area contributed by atoms with Crippen molar-refractivity contribution in [2.45, 2.75) is 0 Å². The third-order valence-electron chi connectivity index (χ3n) is 2.56. The van der Waals surface area contributed by atoms with Gasteiger partial charge in [-0.2, -0.15) is 5.10 Å². The number of hydrogen-bond acceptors (Lipinski definition) is 4. The molecule has 0 amide bonds. The maximum Gasteiger partial charge on any atom is 0.204 e. The quantitative estimate of drug-likeness (QED) is 0.418. The third kappa shape index (κ3) is 2.93. The van der Waals surface area contributed by atoms with Gasteiger partial charge in [-0.1, -0.05) is 41.7 Å². The molecule has 0 aliphatic carbocycles. The van der Waals surface area contributed by atoms with Gasteiger partial charge in [0.05, 0.1) is 16.4 Å². The lowest BCUT2D eigenvalue weighted by molar-refractivity contribution is 1.31. The number of thiazole rings is 1. The average molecular weight is 379 g/mol. The molecule has 0 fully saturated rings. The summed E-state index contributed by atoms with van der Waals surface area (Å²) >= 11 is 3.89. The molecule has 1 aromatic heterocycles. The van der Waals surface area contributed by atoms with Gasteiger partial charge in [-0.25, -0.2) is 4.98 Å². The van der Waals surface area contributed by atoms with E-state index in [0.717, 1.165) is 20.9 Å². The highest BCUT2D eigenvalue weighted by Gasteiger charge is 2.00. The summed E-state index contributed by atoms with van der Waals surface area (Å²) in [5.74, 6) is 0. The highest BCUT2D eigenvalue weighted by molar-refractivity contribution is 14.1. The van der Waals surface area contributed by atoms with Crippen molar-refractivity contribution < 1.29 is 0 Å². The second-order valence-electron chi connectivity index (χ2n) is 3.88. The van der Waals surface area contributed by atoms with E-state index in [9.17, 15) is 0 Å². The predicted octanol–water partition coefficient (Wildman–Crippen LogP) is 4.35. The van der Waals surface area contributed by atoms with Crippen LogP contribution in [0.25, 0.3) is 10.2 Å². The lowest BCUT2D eigenvalue weighted by atomic mass is 10.2. The fourth-order valence-corrected chi connectivity index (χ4v) is 3.00. The number of rotatable bonds is 3. The van der Waals surface area contributed by atoms with E-state index in [1.54, 1.807) is 11.3 Å². The van der Waals surface area contributed by atoms with Gasteiger partial charge in [-0.05, 0) is 40.8 Å². The summed E-state index contributed by atoms with van der Waals surface area (Å²) in [4.78, 5) is 4.46. The number of fused-ring (bicyclic) bond motifs is 1. The van der Waals surface area contributed by atoms with Crippen molar-refractivity contribution in [3.8, 4) is 0 Å². The maximum absolute atomic E-state index is 4.46. The number of hydrazone groups is 1. The van der Waals surface area contributed by atoms with Crippen LogP contribution in [-0.4, -0.2) is 11.2 Å². The topological polar surface area (TPSA) is 37.3 Å². The molecule has 0 saturated heterocycles. The molecule has 3 nitrogen and oxygen atoms in total. The molecule has 19 heavy (non-hydrogen) atoms. The zero-order valence-corrected chi connectivity index (χ0v) is 12.9. The second-order valence-corrected chi connectivity index (χ2v) is 6.07. The third-order valence-corrected chi connectivity index (χ3v) is 4.49. The van der Waals surface area contributed by atoms with Crippen LogP contribution in [0.3, 0.4) is 0 Å². The fraction of sp³-hybridized carbons (Fsp3) is 0. The van der Waals surface area contributed by atoms with E-state index < -0.39 is 0 Å². The van der Waals surface area contributed by atoms with Gasteiger partial charge in [-0.15, -0.1) is 0 Å². The molecule has 0 spiro atoms. The number of aromatic nitrogens is 1. The summed E-state index contributed by atoms with van der Waals surface area (Å²) in [5, 5.41) is 5.04. The zero-order valence-electron chi connectivity index (χ0n) is 9.88. The Morgan fingerprint density at radius 3 is 2.74 bits per heavy atom. The molecule has 5 heteroatoms. The molecule has 0 saturated carbocycles. The molecular weight excluding hydrogens is 369 g/mol. The van der Waals surface area contributed by atoms with Gasteiger partial charge in [-0.3, -0.25) is 5.43 Å². The molecule has 94 valence electrons. The SMILES string of the molecule is Ic1ccccc1/C=N/Nc1nc2ccccc2s1. The number of para-hydroxylation sites is 1. The summed E-state index contributed by atoms with van der Waals surface area (Å²) in [6.45, 7) is 0. The van der Waals surface area contributed by atoms with Crippen molar-refractivity contribution in [3.63, 3.8) is 0 Å². The Balaban J connectivity index is 1.77. The van der Waals surface area contributed by atoms with Gasteiger partial charge in [0.25, 0.3) is 0 Å². The van der Waals surface area contributed by atoms with Crippen LogP contribution >= 0.6 is 33.9 Å². The van der Waals surface area contributed by atoms with Gasteiger partial charge < -0.3 is 0 Å². The molecule has 3 aromatic rings. The normalized spacial score (nSPS) is 11.2. The molecule has 0 aliphatic rings. The molecule has 0 unspecified atom stereocenters. The van der Waals surface area contributed by atoms with Crippen LogP contribution in [0.4, 0.5) is 5.13 Å². The van der Waals surface area contributed by atoms with Crippen molar-refractivity contribution in [1.29, 1.82) is 0 Å². The molecule has 1 N–H and O–H groups in total. The Bertz CT molecular complexity index is 703. The summed E-state index contributed by atoms with van der Waals surface area (Å²) in [6.07, 6.45) is 1.81. The Morgan fingerprint density at radius 2 is 1.89 bits per heavy atom. The van der Waals surface area contributed by atoms with Crippen LogP contribution in [0.1, 0.15) is 5.56 Å². The van der Waals surface area contributed by atoms with Gasteiger partial charge in [0, 0.05) is 9.13 Å². The summed E-state index contributed by atoms with van der Waals surface area (Å²) in [5.41, 5.74) is 5.08.